The summed E-state index contributed by atoms with van der Waals surface area (Å²) in [5.41, 5.74) is 2.30. The zero-order valence-electron chi connectivity index (χ0n) is 12.8. The van der Waals surface area contributed by atoms with Crippen molar-refractivity contribution < 1.29 is 4.39 Å². The number of hydrogen-bond donors (Lipinski definition) is 1. The van der Waals surface area contributed by atoms with Crippen LogP contribution in [0.5, 0.6) is 0 Å². The predicted octanol–water partition coefficient (Wildman–Crippen LogP) is 4.09. The zero-order valence-corrected chi connectivity index (χ0v) is 12.8. The van der Waals surface area contributed by atoms with E-state index in [1.807, 2.05) is 6.07 Å². The van der Waals surface area contributed by atoms with Gasteiger partial charge in [-0.2, -0.15) is 0 Å². The van der Waals surface area contributed by atoms with E-state index in [0.29, 0.717) is 6.04 Å². The Morgan fingerprint density at radius 2 is 2.15 bits per heavy atom. The van der Waals surface area contributed by atoms with Crippen LogP contribution in [0, 0.1) is 5.82 Å². The summed E-state index contributed by atoms with van der Waals surface area (Å²) in [6.45, 7) is 7.26. The van der Waals surface area contributed by atoms with Gasteiger partial charge in [0.15, 0.2) is 0 Å². The number of nitrogens with one attached hydrogen (secondary N) is 1. The van der Waals surface area contributed by atoms with Gasteiger partial charge in [-0.25, -0.2) is 4.39 Å². The minimum absolute atomic E-state index is 0.135. The Labute approximate surface area is 122 Å². The molecule has 1 fully saturated rings. The van der Waals surface area contributed by atoms with Crippen molar-refractivity contribution in [3.8, 4) is 0 Å². The lowest BCUT2D eigenvalue weighted by Gasteiger charge is -2.31. The minimum atomic E-state index is -0.135. The van der Waals surface area contributed by atoms with Gasteiger partial charge in [0, 0.05) is 24.8 Å². The summed E-state index contributed by atoms with van der Waals surface area (Å²) in [6.07, 6.45) is 6.20. The largest absolute Gasteiger partial charge is 0.369 e. The van der Waals surface area contributed by atoms with Crippen LogP contribution in [0.2, 0.25) is 0 Å². The fraction of sp³-hybridized carbons (Fsp3) is 0.647. The summed E-state index contributed by atoms with van der Waals surface area (Å²) in [7, 11) is 0. The van der Waals surface area contributed by atoms with E-state index in [1.54, 1.807) is 12.1 Å². The Balaban J connectivity index is 2.19. The van der Waals surface area contributed by atoms with Crippen LogP contribution in [0.4, 0.5) is 10.1 Å². The highest BCUT2D eigenvalue weighted by Crippen LogP contribution is 2.28. The zero-order chi connectivity index (χ0) is 14.4. The molecule has 2 nitrogen and oxygen atoms in total. The molecule has 1 atom stereocenters. The molecule has 0 spiro atoms. The molecule has 0 bridgehead atoms. The number of benzene rings is 1. The molecule has 0 amide bonds. The number of halogens is 1. The average Bonchev–Trinajstić information content (AvgIpc) is 2.64. The summed E-state index contributed by atoms with van der Waals surface area (Å²) in [5, 5.41) is 3.40. The van der Waals surface area contributed by atoms with Gasteiger partial charge in [-0.05, 0) is 56.5 Å². The number of hydrogen-bond acceptors (Lipinski definition) is 2. The van der Waals surface area contributed by atoms with Crippen LogP contribution in [0.1, 0.15) is 51.5 Å². The van der Waals surface area contributed by atoms with Gasteiger partial charge < -0.3 is 10.2 Å². The molecule has 20 heavy (non-hydrogen) atoms. The van der Waals surface area contributed by atoms with Crippen molar-refractivity contribution in [1.82, 2.24) is 5.32 Å². The van der Waals surface area contributed by atoms with Crippen LogP contribution in [0.25, 0.3) is 0 Å². The highest BCUT2D eigenvalue weighted by Gasteiger charge is 2.19. The maximum Gasteiger partial charge on any atom is 0.123 e. The van der Waals surface area contributed by atoms with Gasteiger partial charge in [0.25, 0.3) is 0 Å². The van der Waals surface area contributed by atoms with E-state index < -0.39 is 0 Å². The lowest BCUT2D eigenvalue weighted by molar-refractivity contribution is 0.600. The van der Waals surface area contributed by atoms with Crippen LogP contribution >= 0.6 is 0 Å². The first kappa shape index (κ1) is 15.3. The standard InChI is InChI=1S/C17H27FN2/c1-3-10-19-13-15-12-16(18)8-9-17(15)20-11-6-4-5-7-14(20)2/h8-9,12,14,19H,3-7,10-11,13H2,1-2H3. The van der Waals surface area contributed by atoms with E-state index in [0.717, 1.165) is 31.6 Å². The third-order valence-electron chi connectivity index (χ3n) is 4.15. The Morgan fingerprint density at radius 1 is 1.30 bits per heavy atom. The van der Waals surface area contributed by atoms with E-state index in [9.17, 15) is 4.39 Å². The second-order valence-electron chi connectivity index (χ2n) is 5.84. The molecule has 1 aromatic carbocycles. The van der Waals surface area contributed by atoms with Gasteiger partial charge in [0.1, 0.15) is 5.82 Å². The molecule has 112 valence electrons. The van der Waals surface area contributed by atoms with E-state index in [4.69, 9.17) is 0 Å². The maximum absolute atomic E-state index is 13.6. The Morgan fingerprint density at radius 3 is 2.95 bits per heavy atom. The van der Waals surface area contributed by atoms with E-state index in [2.05, 4.69) is 24.1 Å². The van der Waals surface area contributed by atoms with E-state index in [1.165, 1.54) is 31.4 Å². The predicted molar refractivity (Wildman–Crippen MR) is 83.7 cm³/mol. The molecule has 3 heteroatoms. The highest BCUT2D eigenvalue weighted by molar-refractivity contribution is 5.54. The molecule has 0 radical (unpaired) electrons. The average molecular weight is 278 g/mol. The first-order chi connectivity index (χ1) is 9.72. The third kappa shape index (κ3) is 3.95. The molecular formula is C17H27FN2. The Kier molecular flexibility index (Phi) is 5.84. The first-order valence-corrected chi connectivity index (χ1v) is 7.98. The summed E-state index contributed by atoms with van der Waals surface area (Å²) in [5.74, 6) is -0.135. The smallest absolute Gasteiger partial charge is 0.123 e. The van der Waals surface area contributed by atoms with Gasteiger partial charge in [0.05, 0.1) is 0 Å². The third-order valence-corrected chi connectivity index (χ3v) is 4.15. The van der Waals surface area contributed by atoms with E-state index >= 15 is 0 Å². The Bertz CT molecular complexity index is 419. The fourth-order valence-corrected chi connectivity index (χ4v) is 3.01. The molecule has 0 aliphatic carbocycles. The van der Waals surface area contributed by atoms with Gasteiger partial charge in [-0.3, -0.25) is 0 Å². The molecule has 1 N–H and O–H groups in total. The molecule has 0 aromatic heterocycles. The van der Waals surface area contributed by atoms with Crippen LogP contribution < -0.4 is 10.2 Å². The normalized spacial score (nSPS) is 19.9. The molecule has 1 saturated heterocycles. The van der Waals surface area contributed by atoms with Gasteiger partial charge in [-0.1, -0.05) is 19.8 Å². The maximum atomic E-state index is 13.6. The lowest BCUT2D eigenvalue weighted by atomic mass is 10.1. The molecule has 1 aliphatic rings. The minimum Gasteiger partial charge on any atom is -0.369 e. The monoisotopic (exact) mass is 278 g/mol. The van der Waals surface area contributed by atoms with Gasteiger partial charge in [0.2, 0.25) is 0 Å². The van der Waals surface area contributed by atoms with Crippen molar-refractivity contribution in [3.63, 3.8) is 0 Å². The molecule has 1 heterocycles. The van der Waals surface area contributed by atoms with Crippen molar-refractivity contribution in [3.05, 3.63) is 29.6 Å². The molecule has 0 saturated carbocycles. The molecule has 1 aromatic rings. The summed E-state index contributed by atoms with van der Waals surface area (Å²) < 4.78 is 13.6. The first-order valence-electron chi connectivity index (χ1n) is 7.98. The number of nitrogens with zero attached hydrogens (tertiary/aromatic N) is 1. The van der Waals surface area contributed by atoms with Crippen molar-refractivity contribution in [2.24, 2.45) is 0 Å². The molecule has 1 aliphatic heterocycles. The van der Waals surface area contributed by atoms with Crippen LogP contribution in [-0.4, -0.2) is 19.1 Å². The van der Waals surface area contributed by atoms with Crippen molar-refractivity contribution in [1.29, 1.82) is 0 Å². The van der Waals surface area contributed by atoms with Crippen molar-refractivity contribution in [2.45, 2.75) is 58.5 Å². The quantitative estimate of drug-likeness (QED) is 0.816. The lowest BCUT2D eigenvalue weighted by Crippen LogP contribution is -2.33. The van der Waals surface area contributed by atoms with Gasteiger partial charge in [-0.15, -0.1) is 0 Å². The fourth-order valence-electron chi connectivity index (χ4n) is 3.01. The van der Waals surface area contributed by atoms with Crippen LogP contribution in [0.15, 0.2) is 18.2 Å². The van der Waals surface area contributed by atoms with Crippen molar-refractivity contribution in [2.75, 3.05) is 18.0 Å². The molecule has 1 unspecified atom stereocenters. The summed E-state index contributed by atoms with van der Waals surface area (Å²) >= 11 is 0. The van der Waals surface area contributed by atoms with Crippen LogP contribution in [0.3, 0.4) is 0 Å². The number of rotatable bonds is 5. The SMILES string of the molecule is CCCNCc1cc(F)ccc1N1CCCCCC1C. The van der Waals surface area contributed by atoms with Crippen molar-refractivity contribution >= 4 is 5.69 Å². The summed E-state index contributed by atoms with van der Waals surface area (Å²) in [4.78, 5) is 2.47. The number of anilines is 1. The molecular weight excluding hydrogens is 251 g/mol. The second-order valence-corrected chi connectivity index (χ2v) is 5.84. The Hall–Kier alpha value is -1.09. The highest BCUT2D eigenvalue weighted by atomic mass is 19.1. The summed E-state index contributed by atoms with van der Waals surface area (Å²) in [6, 6.07) is 5.79. The van der Waals surface area contributed by atoms with Crippen LogP contribution in [-0.2, 0) is 6.54 Å². The van der Waals surface area contributed by atoms with E-state index in [-0.39, 0.29) is 5.82 Å². The van der Waals surface area contributed by atoms with Gasteiger partial charge >= 0.3 is 0 Å². The molecule has 2 rings (SSSR count). The second kappa shape index (κ2) is 7.63. The topological polar surface area (TPSA) is 15.3 Å².